The Balaban J connectivity index is 2.71. The standard InChI is InChI=1S/C13H15N3O3/c1-10(7-14)8-15(2)9-13(17)11-4-3-5-12(6-11)16(18)19/h3-6,10H,8-9H2,1-2H3. The molecule has 0 saturated heterocycles. The zero-order chi connectivity index (χ0) is 14.4. The van der Waals surface area contributed by atoms with Crippen molar-refractivity contribution in [3.05, 3.63) is 39.9 Å². The van der Waals surface area contributed by atoms with E-state index in [1.165, 1.54) is 18.2 Å². The molecule has 100 valence electrons. The molecule has 1 unspecified atom stereocenters. The van der Waals surface area contributed by atoms with Crippen LogP contribution in [-0.4, -0.2) is 35.7 Å². The van der Waals surface area contributed by atoms with E-state index in [1.807, 2.05) is 0 Å². The predicted octanol–water partition coefficient (Wildman–Crippen LogP) is 1.87. The molecule has 0 bridgehead atoms. The van der Waals surface area contributed by atoms with Gasteiger partial charge in [0.25, 0.3) is 5.69 Å². The van der Waals surface area contributed by atoms with Crippen LogP contribution in [0, 0.1) is 27.4 Å². The second-order valence-electron chi connectivity index (χ2n) is 4.46. The van der Waals surface area contributed by atoms with Gasteiger partial charge < -0.3 is 0 Å². The molecule has 1 aromatic rings. The van der Waals surface area contributed by atoms with Gasteiger partial charge in [0.1, 0.15) is 0 Å². The Morgan fingerprint density at radius 3 is 2.84 bits per heavy atom. The Morgan fingerprint density at radius 2 is 2.26 bits per heavy atom. The highest BCUT2D eigenvalue weighted by molar-refractivity contribution is 5.98. The fraction of sp³-hybridized carbons (Fsp3) is 0.385. The molecule has 0 aliphatic carbocycles. The number of Topliss-reactive ketones (excluding diaryl/α,β-unsaturated/α-hetero) is 1. The number of non-ortho nitro benzene ring substituents is 1. The molecule has 1 atom stereocenters. The van der Waals surface area contributed by atoms with Gasteiger partial charge in [-0.05, 0) is 14.0 Å². The minimum absolute atomic E-state index is 0.0982. The SMILES string of the molecule is CC(C#N)CN(C)CC(=O)c1cccc([N+](=O)[O-])c1. The molecule has 0 radical (unpaired) electrons. The molecule has 1 rings (SSSR count). The van der Waals surface area contributed by atoms with Crippen LogP contribution in [0.2, 0.25) is 0 Å². The van der Waals surface area contributed by atoms with Crippen LogP contribution in [-0.2, 0) is 0 Å². The van der Waals surface area contributed by atoms with Crippen molar-refractivity contribution in [3.63, 3.8) is 0 Å². The van der Waals surface area contributed by atoms with Gasteiger partial charge in [-0.1, -0.05) is 12.1 Å². The lowest BCUT2D eigenvalue weighted by atomic mass is 10.1. The minimum Gasteiger partial charge on any atom is -0.298 e. The number of likely N-dealkylation sites (N-methyl/N-ethyl adjacent to an activating group) is 1. The number of hydrogen-bond acceptors (Lipinski definition) is 5. The second-order valence-corrected chi connectivity index (χ2v) is 4.46. The van der Waals surface area contributed by atoms with Gasteiger partial charge in [-0.3, -0.25) is 19.8 Å². The lowest BCUT2D eigenvalue weighted by Crippen LogP contribution is -2.29. The first-order chi connectivity index (χ1) is 8.93. The summed E-state index contributed by atoms with van der Waals surface area (Å²) in [6.07, 6.45) is 0. The first-order valence-electron chi connectivity index (χ1n) is 5.80. The van der Waals surface area contributed by atoms with Crippen molar-refractivity contribution in [1.29, 1.82) is 5.26 Å². The Bertz CT molecular complexity index is 522. The van der Waals surface area contributed by atoms with Gasteiger partial charge in [-0.25, -0.2) is 0 Å². The third-order valence-electron chi connectivity index (χ3n) is 2.60. The summed E-state index contributed by atoms with van der Waals surface area (Å²) in [4.78, 5) is 23.8. The van der Waals surface area contributed by atoms with E-state index in [0.29, 0.717) is 12.1 Å². The average Bonchev–Trinajstić information content (AvgIpc) is 2.38. The van der Waals surface area contributed by atoms with Crippen molar-refractivity contribution >= 4 is 11.5 Å². The molecule has 19 heavy (non-hydrogen) atoms. The lowest BCUT2D eigenvalue weighted by molar-refractivity contribution is -0.384. The third kappa shape index (κ3) is 4.48. The van der Waals surface area contributed by atoms with Gasteiger partial charge >= 0.3 is 0 Å². The minimum atomic E-state index is -0.530. The number of benzene rings is 1. The highest BCUT2D eigenvalue weighted by Gasteiger charge is 2.14. The monoisotopic (exact) mass is 261 g/mol. The van der Waals surface area contributed by atoms with Gasteiger partial charge in [0.2, 0.25) is 0 Å². The van der Waals surface area contributed by atoms with E-state index in [-0.39, 0.29) is 23.9 Å². The number of carbonyl (C=O) groups excluding carboxylic acids is 1. The van der Waals surface area contributed by atoms with Crippen molar-refractivity contribution in [3.8, 4) is 6.07 Å². The summed E-state index contributed by atoms with van der Waals surface area (Å²) >= 11 is 0. The van der Waals surface area contributed by atoms with Crippen LogP contribution in [0.1, 0.15) is 17.3 Å². The van der Waals surface area contributed by atoms with E-state index in [9.17, 15) is 14.9 Å². The fourth-order valence-electron chi connectivity index (χ4n) is 1.70. The molecule has 1 aromatic carbocycles. The normalized spacial score (nSPS) is 11.9. The maximum Gasteiger partial charge on any atom is 0.270 e. The first-order valence-corrected chi connectivity index (χ1v) is 5.80. The fourth-order valence-corrected chi connectivity index (χ4v) is 1.70. The van der Waals surface area contributed by atoms with E-state index in [1.54, 1.807) is 24.9 Å². The van der Waals surface area contributed by atoms with E-state index in [4.69, 9.17) is 5.26 Å². The Labute approximate surface area is 111 Å². The average molecular weight is 261 g/mol. The molecule has 6 nitrogen and oxygen atoms in total. The van der Waals surface area contributed by atoms with E-state index in [2.05, 4.69) is 6.07 Å². The van der Waals surface area contributed by atoms with Crippen LogP contribution >= 0.6 is 0 Å². The number of nitrogens with zero attached hydrogens (tertiary/aromatic N) is 3. The zero-order valence-corrected chi connectivity index (χ0v) is 10.9. The summed E-state index contributed by atoms with van der Waals surface area (Å²) in [5.41, 5.74) is 0.213. The number of nitro groups is 1. The van der Waals surface area contributed by atoms with Crippen molar-refractivity contribution in [2.45, 2.75) is 6.92 Å². The molecule has 0 aliphatic rings. The molecule has 0 fully saturated rings. The summed E-state index contributed by atoms with van der Waals surface area (Å²) in [6.45, 7) is 2.39. The number of rotatable bonds is 6. The highest BCUT2D eigenvalue weighted by atomic mass is 16.6. The summed E-state index contributed by atoms with van der Waals surface area (Å²) in [5, 5.41) is 19.3. The van der Waals surface area contributed by atoms with Crippen molar-refractivity contribution < 1.29 is 9.72 Å². The number of nitro benzene ring substituents is 1. The van der Waals surface area contributed by atoms with Gasteiger partial charge in [0.15, 0.2) is 5.78 Å². The molecule has 0 N–H and O–H groups in total. The smallest absolute Gasteiger partial charge is 0.270 e. The number of hydrogen-bond donors (Lipinski definition) is 0. The van der Waals surface area contributed by atoms with E-state index >= 15 is 0 Å². The zero-order valence-electron chi connectivity index (χ0n) is 10.9. The third-order valence-corrected chi connectivity index (χ3v) is 2.60. The van der Waals surface area contributed by atoms with Gasteiger partial charge in [-0.2, -0.15) is 5.26 Å². The van der Waals surface area contributed by atoms with Crippen LogP contribution in [0.25, 0.3) is 0 Å². The number of ketones is 1. The summed E-state index contributed by atoms with van der Waals surface area (Å²) < 4.78 is 0. The molecule has 0 heterocycles. The first kappa shape index (κ1) is 14.8. The molecule has 0 spiro atoms. The van der Waals surface area contributed by atoms with E-state index < -0.39 is 4.92 Å². The Kier molecular flexibility index (Phi) is 5.15. The lowest BCUT2D eigenvalue weighted by Gasteiger charge is -2.16. The van der Waals surface area contributed by atoms with Crippen molar-refractivity contribution in [2.24, 2.45) is 5.92 Å². The second kappa shape index (κ2) is 6.61. The number of carbonyl (C=O) groups is 1. The molecule has 0 aliphatic heterocycles. The van der Waals surface area contributed by atoms with Crippen molar-refractivity contribution in [2.75, 3.05) is 20.1 Å². The molecule has 0 saturated carbocycles. The molecule has 0 aromatic heterocycles. The Hall–Kier alpha value is -2.26. The topological polar surface area (TPSA) is 87.2 Å². The van der Waals surface area contributed by atoms with Crippen LogP contribution < -0.4 is 0 Å². The van der Waals surface area contributed by atoms with Gasteiger partial charge in [0, 0.05) is 24.2 Å². The summed E-state index contributed by atoms with van der Waals surface area (Å²) in [6, 6.07) is 7.75. The highest BCUT2D eigenvalue weighted by Crippen LogP contribution is 2.13. The van der Waals surface area contributed by atoms with Crippen LogP contribution in [0.5, 0.6) is 0 Å². The molecular weight excluding hydrogens is 246 g/mol. The Morgan fingerprint density at radius 1 is 1.58 bits per heavy atom. The summed E-state index contributed by atoms with van der Waals surface area (Å²) in [7, 11) is 1.74. The van der Waals surface area contributed by atoms with Gasteiger partial charge in [0.05, 0.1) is 23.5 Å². The maximum atomic E-state index is 12.0. The quantitative estimate of drug-likeness (QED) is 0.443. The van der Waals surface area contributed by atoms with Gasteiger partial charge in [-0.15, -0.1) is 0 Å². The van der Waals surface area contributed by atoms with Crippen LogP contribution in [0.3, 0.4) is 0 Å². The van der Waals surface area contributed by atoms with Crippen LogP contribution in [0.4, 0.5) is 5.69 Å². The van der Waals surface area contributed by atoms with Crippen molar-refractivity contribution in [1.82, 2.24) is 4.90 Å². The molecular formula is C13H15N3O3. The summed E-state index contributed by atoms with van der Waals surface area (Å²) in [5.74, 6) is -0.362. The maximum absolute atomic E-state index is 12.0. The molecule has 0 amide bonds. The largest absolute Gasteiger partial charge is 0.298 e. The predicted molar refractivity (Wildman–Crippen MR) is 69.7 cm³/mol. The van der Waals surface area contributed by atoms with E-state index in [0.717, 1.165) is 0 Å². The number of nitriles is 1. The van der Waals surface area contributed by atoms with Crippen LogP contribution in [0.15, 0.2) is 24.3 Å². The molecule has 6 heteroatoms.